The molecule has 0 aromatic heterocycles. The van der Waals surface area contributed by atoms with Gasteiger partial charge in [0, 0.05) is 28.8 Å². The molecular weight excluding hydrogens is 302 g/mol. The summed E-state index contributed by atoms with van der Waals surface area (Å²) in [5, 5.41) is 3.24. The molecule has 0 spiro atoms. The zero-order valence-corrected chi connectivity index (χ0v) is 12.4. The lowest BCUT2D eigenvalue weighted by molar-refractivity contribution is 0.199. The normalized spacial score (nSPS) is 12.6. The molecule has 0 radical (unpaired) electrons. The summed E-state index contributed by atoms with van der Waals surface area (Å²) in [6.07, 6.45) is 0.906. The number of hydrogen-bond donors (Lipinski definition) is 1. The SMILES string of the molecule is COCCNCCCS(=O)c1cccc(Br)c1. The zero-order valence-electron chi connectivity index (χ0n) is 9.95. The molecule has 0 fully saturated rings. The number of hydrogen-bond acceptors (Lipinski definition) is 3. The monoisotopic (exact) mass is 319 g/mol. The summed E-state index contributed by atoms with van der Waals surface area (Å²) in [6, 6.07) is 7.66. The van der Waals surface area contributed by atoms with Gasteiger partial charge < -0.3 is 10.1 Å². The summed E-state index contributed by atoms with van der Waals surface area (Å²) in [4.78, 5) is 0.885. The Morgan fingerprint density at radius 3 is 2.94 bits per heavy atom. The average Bonchev–Trinajstić information content (AvgIpc) is 2.33. The first-order valence-corrected chi connectivity index (χ1v) is 7.69. The minimum absolute atomic E-state index is 0.691. The van der Waals surface area contributed by atoms with E-state index in [0.717, 1.165) is 28.9 Å². The van der Waals surface area contributed by atoms with Crippen LogP contribution in [-0.4, -0.2) is 36.8 Å². The average molecular weight is 320 g/mol. The lowest BCUT2D eigenvalue weighted by Gasteiger charge is -2.04. The molecule has 1 aromatic rings. The van der Waals surface area contributed by atoms with Crippen LogP contribution in [0.5, 0.6) is 0 Å². The Kier molecular flexibility index (Phi) is 7.68. The molecule has 1 unspecified atom stereocenters. The summed E-state index contributed by atoms with van der Waals surface area (Å²) >= 11 is 3.38. The van der Waals surface area contributed by atoms with Crippen molar-refractivity contribution in [3.63, 3.8) is 0 Å². The second-order valence-electron chi connectivity index (χ2n) is 3.60. The highest BCUT2D eigenvalue weighted by Crippen LogP contribution is 2.15. The molecule has 1 aromatic carbocycles. The van der Waals surface area contributed by atoms with E-state index in [0.29, 0.717) is 12.4 Å². The van der Waals surface area contributed by atoms with E-state index in [-0.39, 0.29) is 0 Å². The van der Waals surface area contributed by atoms with E-state index in [1.54, 1.807) is 7.11 Å². The maximum atomic E-state index is 11.9. The lowest BCUT2D eigenvalue weighted by atomic mass is 10.4. The number of methoxy groups -OCH3 is 1. The quantitative estimate of drug-likeness (QED) is 0.746. The Hall–Kier alpha value is -0.230. The molecular formula is C12H18BrNO2S. The second-order valence-corrected chi connectivity index (χ2v) is 6.09. The van der Waals surface area contributed by atoms with Crippen molar-refractivity contribution in [1.82, 2.24) is 5.32 Å². The maximum Gasteiger partial charge on any atom is 0.0587 e. The molecule has 0 amide bonds. The summed E-state index contributed by atoms with van der Waals surface area (Å²) in [6.45, 7) is 2.44. The van der Waals surface area contributed by atoms with Crippen molar-refractivity contribution >= 4 is 26.7 Å². The number of rotatable bonds is 8. The molecule has 1 N–H and O–H groups in total. The van der Waals surface area contributed by atoms with E-state index < -0.39 is 10.8 Å². The van der Waals surface area contributed by atoms with E-state index in [1.165, 1.54) is 0 Å². The first-order valence-electron chi connectivity index (χ1n) is 5.57. The van der Waals surface area contributed by atoms with Gasteiger partial charge in [-0.1, -0.05) is 22.0 Å². The van der Waals surface area contributed by atoms with Gasteiger partial charge in [-0.3, -0.25) is 4.21 Å². The summed E-state index contributed by atoms with van der Waals surface area (Å²) in [5.41, 5.74) is 0. The Morgan fingerprint density at radius 2 is 2.24 bits per heavy atom. The highest BCUT2D eigenvalue weighted by molar-refractivity contribution is 9.10. The van der Waals surface area contributed by atoms with Gasteiger partial charge in [0.1, 0.15) is 0 Å². The smallest absolute Gasteiger partial charge is 0.0587 e. The summed E-state index contributed by atoms with van der Waals surface area (Å²) < 4.78 is 17.8. The van der Waals surface area contributed by atoms with Gasteiger partial charge in [-0.2, -0.15) is 0 Å². The Bertz CT molecular complexity index is 360. The topological polar surface area (TPSA) is 38.3 Å². The molecule has 0 bridgehead atoms. The third-order valence-corrected chi connectivity index (χ3v) is 4.16. The van der Waals surface area contributed by atoms with Crippen LogP contribution in [0, 0.1) is 0 Å². The van der Waals surface area contributed by atoms with Crippen molar-refractivity contribution in [2.75, 3.05) is 32.6 Å². The standard InChI is InChI=1S/C12H18BrNO2S/c1-16-8-7-14-6-3-9-17(15)12-5-2-4-11(13)10-12/h2,4-5,10,14H,3,6-9H2,1H3. The molecule has 0 saturated carbocycles. The summed E-state index contributed by atoms with van der Waals surface area (Å²) in [5.74, 6) is 0.691. The van der Waals surface area contributed by atoms with Gasteiger partial charge in [0.15, 0.2) is 0 Å². The molecule has 5 heteroatoms. The molecule has 0 saturated heterocycles. The third kappa shape index (κ3) is 6.31. The van der Waals surface area contributed by atoms with Gasteiger partial charge in [-0.15, -0.1) is 0 Å². The fraction of sp³-hybridized carbons (Fsp3) is 0.500. The minimum Gasteiger partial charge on any atom is -0.383 e. The van der Waals surface area contributed by atoms with Gasteiger partial charge in [-0.25, -0.2) is 0 Å². The van der Waals surface area contributed by atoms with Crippen molar-refractivity contribution in [3.8, 4) is 0 Å². The highest BCUT2D eigenvalue weighted by Gasteiger charge is 2.03. The molecule has 1 rings (SSSR count). The lowest BCUT2D eigenvalue weighted by Crippen LogP contribution is -2.21. The first-order chi connectivity index (χ1) is 8.24. The maximum absolute atomic E-state index is 11.9. The van der Waals surface area contributed by atoms with E-state index in [2.05, 4.69) is 21.2 Å². The first kappa shape index (κ1) is 14.8. The Morgan fingerprint density at radius 1 is 1.41 bits per heavy atom. The van der Waals surface area contributed by atoms with Gasteiger partial charge in [0.2, 0.25) is 0 Å². The van der Waals surface area contributed by atoms with Crippen molar-refractivity contribution in [2.24, 2.45) is 0 Å². The van der Waals surface area contributed by atoms with Crippen LogP contribution in [0.25, 0.3) is 0 Å². The second kappa shape index (κ2) is 8.80. The molecule has 1 atom stereocenters. The molecule has 96 valence electrons. The van der Waals surface area contributed by atoms with Crippen LogP contribution in [0.4, 0.5) is 0 Å². The fourth-order valence-electron chi connectivity index (χ4n) is 1.35. The molecule has 0 aliphatic heterocycles. The molecule has 0 aliphatic carbocycles. The van der Waals surface area contributed by atoms with Crippen LogP contribution in [-0.2, 0) is 15.5 Å². The van der Waals surface area contributed by atoms with Gasteiger partial charge in [0.05, 0.1) is 17.4 Å². The van der Waals surface area contributed by atoms with Crippen LogP contribution < -0.4 is 5.32 Å². The minimum atomic E-state index is -0.902. The largest absolute Gasteiger partial charge is 0.383 e. The zero-order chi connectivity index (χ0) is 12.5. The van der Waals surface area contributed by atoms with Crippen LogP contribution >= 0.6 is 15.9 Å². The number of nitrogens with one attached hydrogen (secondary N) is 1. The summed E-state index contributed by atoms with van der Waals surface area (Å²) in [7, 11) is 0.782. The van der Waals surface area contributed by atoms with Crippen molar-refractivity contribution in [3.05, 3.63) is 28.7 Å². The fourth-order valence-corrected chi connectivity index (χ4v) is 3.04. The molecule has 3 nitrogen and oxygen atoms in total. The molecule has 0 heterocycles. The number of benzene rings is 1. The van der Waals surface area contributed by atoms with Crippen molar-refractivity contribution < 1.29 is 8.95 Å². The van der Waals surface area contributed by atoms with Crippen LogP contribution in [0.3, 0.4) is 0 Å². The predicted molar refractivity (Wildman–Crippen MR) is 74.8 cm³/mol. The molecule has 0 aliphatic rings. The van der Waals surface area contributed by atoms with Crippen molar-refractivity contribution in [2.45, 2.75) is 11.3 Å². The van der Waals surface area contributed by atoms with Gasteiger partial charge in [0.25, 0.3) is 0 Å². The van der Waals surface area contributed by atoms with Crippen LogP contribution in [0.2, 0.25) is 0 Å². The van der Waals surface area contributed by atoms with Crippen LogP contribution in [0.15, 0.2) is 33.6 Å². The third-order valence-electron chi connectivity index (χ3n) is 2.23. The van der Waals surface area contributed by atoms with Gasteiger partial charge >= 0.3 is 0 Å². The number of halogens is 1. The predicted octanol–water partition coefficient (Wildman–Crippen LogP) is 2.18. The molecule has 17 heavy (non-hydrogen) atoms. The van der Waals surface area contributed by atoms with E-state index in [9.17, 15) is 4.21 Å². The number of ether oxygens (including phenoxy) is 1. The van der Waals surface area contributed by atoms with Crippen LogP contribution in [0.1, 0.15) is 6.42 Å². The van der Waals surface area contributed by atoms with Gasteiger partial charge in [-0.05, 0) is 31.2 Å². The van der Waals surface area contributed by atoms with E-state index in [4.69, 9.17) is 4.74 Å². The van der Waals surface area contributed by atoms with E-state index in [1.807, 2.05) is 24.3 Å². The highest BCUT2D eigenvalue weighted by atomic mass is 79.9. The van der Waals surface area contributed by atoms with Crippen molar-refractivity contribution in [1.29, 1.82) is 0 Å². The Labute approximate surface area is 114 Å². The Balaban J connectivity index is 2.21. The van der Waals surface area contributed by atoms with E-state index >= 15 is 0 Å².